The fourth-order valence-electron chi connectivity index (χ4n) is 5.68. The van der Waals surface area contributed by atoms with Crippen molar-refractivity contribution in [2.75, 3.05) is 13.2 Å². The molecule has 1 heterocycles. The summed E-state index contributed by atoms with van der Waals surface area (Å²) < 4.78 is 89.3. The van der Waals surface area contributed by atoms with Crippen LogP contribution in [0.5, 0.6) is 0 Å². The molecule has 5 rings (SSSR count). The van der Waals surface area contributed by atoms with Crippen molar-refractivity contribution in [3.63, 3.8) is 0 Å². The van der Waals surface area contributed by atoms with Gasteiger partial charge in [0.1, 0.15) is 18.3 Å². The Bertz CT molecular complexity index is 1660. The van der Waals surface area contributed by atoms with E-state index in [0.717, 1.165) is 22.3 Å². The van der Waals surface area contributed by atoms with Crippen molar-refractivity contribution in [2.45, 2.75) is 69.2 Å². The van der Waals surface area contributed by atoms with E-state index in [0.29, 0.717) is 0 Å². The van der Waals surface area contributed by atoms with Crippen LogP contribution in [0.1, 0.15) is 28.7 Å². The van der Waals surface area contributed by atoms with Gasteiger partial charge >= 0.3 is 13.3 Å². The van der Waals surface area contributed by atoms with Gasteiger partial charge in [-0.1, -0.05) is 133 Å². The zero-order valence-electron chi connectivity index (χ0n) is 28.9. The summed E-state index contributed by atoms with van der Waals surface area (Å²) in [5.74, 6) is 0. The third-order valence-electron chi connectivity index (χ3n) is 8.28. The fourth-order valence-corrected chi connectivity index (χ4v) is 7.14. The molecule has 11 heteroatoms. The summed E-state index contributed by atoms with van der Waals surface area (Å²) in [6.45, 7) is 6.55. The summed E-state index contributed by atoms with van der Waals surface area (Å²) in [7, 11) is -5.08. The molecule has 1 aliphatic rings. The summed E-state index contributed by atoms with van der Waals surface area (Å²) in [6.07, 6.45) is -4.39. The first-order valence-corrected chi connectivity index (χ1v) is 18.6. The van der Waals surface area contributed by atoms with E-state index >= 15 is 8.78 Å². The SMILES string of the molecule is C=CCOP(=O)(OCC=C)C(F)(F)C[C@H]1O[C@H](OCc2ccccc2)[C@H](OCc2ccccc2)[C@@H](OCc2ccccc2)[C@@H]1OCc1ccccc1. The second kappa shape index (κ2) is 19.9. The molecule has 0 unspecified atom stereocenters. The Labute approximate surface area is 304 Å². The Morgan fingerprint density at radius 2 is 0.942 bits per heavy atom. The summed E-state index contributed by atoms with van der Waals surface area (Å²) in [5, 5.41) is 0. The number of benzene rings is 4. The Morgan fingerprint density at radius 3 is 1.35 bits per heavy atom. The van der Waals surface area contributed by atoms with E-state index < -0.39 is 63.6 Å². The highest BCUT2D eigenvalue weighted by molar-refractivity contribution is 7.55. The van der Waals surface area contributed by atoms with Gasteiger partial charge in [-0.2, -0.15) is 8.78 Å². The van der Waals surface area contributed by atoms with E-state index in [1.54, 1.807) is 0 Å². The molecule has 0 aliphatic carbocycles. The van der Waals surface area contributed by atoms with Gasteiger partial charge < -0.3 is 32.7 Å². The number of hydrogen-bond donors (Lipinski definition) is 0. The molecule has 0 spiro atoms. The lowest BCUT2D eigenvalue weighted by atomic mass is 9.95. The highest BCUT2D eigenvalue weighted by atomic mass is 31.2. The minimum atomic E-state index is -5.08. The van der Waals surface area contributed by atoms with Crippen molar-refractivity contribution >= 4 is 7.60 Å². The molecule has 0 aromatic heterocycles. The predicted molar refractivity (Wildman–Crippen MR) is 194 cm³/mol. The minimum absolute atomic E-state index is 0.0423. The molecule has 0 bridgehead atoms. The Balaban J connectivity index is 1.54. The molecule has 5 atom stereocenters. The van der Waals surface area contributed by atoms with Crippen molar-refractivity contribution in [3.8, 4) is 0 Å². The number of halogens is 2. The molecule has 52 heavy (non-hydrogen) atoms. The fraction of sp³-hybridized carbons (Fsp3) is 0.317. The highest BCUT2D eigenvalue weighted by Crippen LogP contribution is 2.64. The molecular formula is C41H45F2O8P. The predicted octanol–water partition coefficient (Wildman–Crippen LogP) is 9.27. The molecule has 0 amide bonds. The number of alkyl halides is 2. The zero-order chi connectivity index (χ0) is 36.7. The smallest absolute Gasteiger partial charge is 0.368 e. The van der Waals surface area contributed by atoms with Crippen LogP contribution in [-0.2, 0) is 63.7 Å². The third kappa shape index (κ3) is 11.1. The van der Waals surface area contributed by atoms with Gasteiger partial charge in [0.05, 0.1) is 52.2 Å². The first-order chi connectivity index (χ1) is 25.3. The van der Waals surface area contributed by atoms with Crippen molar-refractivity contribution in [2.24, 2.45) is 0 Å². The quantitative estimate of drug-likeness (QED) is 0.0619. The van der Waals surface area contributed by atoms with E-state index in [1.165, 1.54) is 12.2 Å². The van der Waals surface area contributed by atoms with Crippen LogP contribution < -0.4 is 0 Å². The van der Waals surface area contributed by atoms with E-state index in [2.05, 4.69) is 13.2 Å². The van der Waals surface area contributed by atoms with Crippen molar-refractivity contribution < 1.29 is 46.1 Å². The average Bonchev–Trinajstić information content (AvgIpc) is 3.18. The van der Waals surface area contributed by atoms with Crippen molar-refractivity contribution in [3.05, 3.63) is 169 Å². The molecule has 1 saturated heterocycles. The number of hydrogen-bond acceptors (Lipinski definition) is 8. The van der Waals surface area contributed by atoms with Gasteiger partial charge in [0.15, 0.2) is 6.29 Å². The Morgan fingerprint density at radius 1 is 0.577 bits per heavy atom. The maximum atomic E-state index is 16.4. The average molecular weight is 735 g/mol. The van der Waals surface area contributed by atoms with Gasteiger partial charge in [-0.25, -0.2) is 0 Å². The molecule has 0 saturated carbocycles. The molecule has 1 aliphatic heterocycles. The van der Waals surface area contributed by atoms with Gasteiger partial charge in [0.25, 0.3) is 0 Å². The minimum Gasteiger partial charge on any atom is -0.368 e. The first kappa shape index (κ1) is 39.4. The van der Waals surface area contributed by atoms with Crippen LogP contribution in [0.2, 0.25) is 0 Å². The van der Waals surface area contributed by atoms with Crippen LogP contribution in [0.4, 0.5) is 8.78 Å². The van der Waals surface area contributed by atoms with Crippen molar-refractivity contribution in [1.82, 2.24) is 0 Å². The second-order valence-corrected chi connectivity index (χ2v) is 14.3. The monoisotopic (exact) mass is 734 g/mol. The largest absolute Gasteiger partial charge is 0.400 e. The molecule has 4 aromatic carbocycles. The van der Waals surface area contributed by atoms with Crippen LogP contribution in [0, 0.1) is 0 Å². The lowest BCUT2D eigenvalue weighted by Gasteiger charge is -2.46. The maximum absolute atomic E-state index is 16.4. The normalized spacial score (nSPS) is 20.7. The van der Waals surface area contributed by atoms with Crippen LogP contribution in [-0.4, -0.2) is 49.6 Å². The summed E-state index contributed by atoms with van der Waals surface area (Å²) in [5.41, 5.74) is -0.681. The molecule has 8 nitrogen and oxygen atoms in total. The van der Waals surface area contributed by atoms with Crippen LogP contribution in [0.15, 0.2) is 147 Å². The summed E-state index contributed by atoms with van der Waals surface area (Å²) in [6, 6.07) is 37.7. The van der Waals surface area contributed by atoms with Gasteiger partial charge in [-0.15, -0.1) is 13.2 Å². The Hall–Kier alpha value is -3.83. The van der Waals surface area contributed by atoms with E-state index in [-0.39, 0.29) is 26.4 Å². The topological polar surface area (TPSA) is 81.7 Å². The molecule has 4 aromatic rings. The third-order valence-corrected chi connectivity index (χ3v) is 10.2. The van der Waals surface area contributed by atoms with E-state index in [4.69, 9.17) is 32.7 Å². The second-order valence-electron chi connectivity index (χ2n) is 12.2. The summed E-state index contributed by atoms with van der Waals surface area (Å²) >= 11 is 0. The number of rotatable bonds is 21. The van der Waals surface area contributed by atoms with Crippen LogP contribution >= 0.6 is 7.60 Å². The van der Waals surface area contributed by atoms with Gasteiger partial charge in [0.2, 0.25) is 0 Å². The molecule has 1 fully saturated rings. The Kier molecular flexibility index (Phi) is 15.0. The maximum Gasteiger partial charge on any atom is 0.400 e. The van der Waals surface area contributed by atoms with Gasteiger partial charge in [0, 0.05) is 0 Å². The first-order valence-electron chi connectivity index (χ1n) is 17.1. The standard InChI is InChI=1S/C41H45F2O8P/c1-3-25-49-52(44,50-26-4-2)41(42,43)27-36-37(45-28-32-17-9-5-10-18-32)38(46-29-33-19-11-6-12-20-33)39(47-30-34-21-13-7-14-22-34)40(51-36)48-31-35-23-15-8-16-24-35/h3-24,36-40H,1-2,25-31H2/t36-,37-,38+,39-,40+/m1/s1. The van der Waals surface area contributed by atoms with Crippen LogP contribution in [0.25, 0.3) is 0 Å². The van der Waals surface area contributed by atoms with Gasteiger partial charge in [-0.05, 0) is 22.3 Å². The highest BCUT2D eigenvalue weighted by Gasteiger charge is 2.59. The molecule has 0 N–H and O–H groups in total. The van der Waals surface area contributed by atoms with E-state index in [9.17, 15) is 4.57 Å². The number of ether oxygens (including phenoxy) is 5. The lowest BCUT2D eigenvalue weighted by Crippen LogP contribution is -2.61. The van der Waals surface area contributed by atoms with Crippen LogP contribution in [0.3, 0.4) is 0 Å². The molecule has 276 valence electrons. The summed E-state index contributed by atoms with van der Waals surface area (Å²) in [4.78, 5) is 0. The van der Waals surface area contributed by atoms with Gasteiger partial charge in [-0.3, -0.25) is 4.57 Å². The molecule has 0 radical (unpaired) electrons. The van der Waals surface area contributed by atoms with Crippen molar-refractivity contribution in [1.29, 1.82) is 0 Å². The zero-order valence-corrected chi connectivity index (χ0v) is 29.8. The van der Waals surface area contributed by atoms with E-state index in [1.807, 2.05) is 121 Å². The molecular weight excluding hydrogens is 689 g/mol. The lowest BCUT2D eigenvalue weighted by molar-refractivity contribution is -0.330.